The molecule has 0 fully saturated rings. The third-order valence-electron chi connectivity index (χ3n) is 6.36. The van der Waals surface area contributed by atoms with E-state index in [4.69, 9.17) is 4.74 Å². The summed E-state index contributed by atoms with van der Waals surface area (Å²) in [5.74, 6) is 1.06. The highest BCUT2D eigenvalue weighted by Crippen LogP contribution is 2.43. The average Bonchev–Trinajstić information content (AvgIpc) is 2.99. The Morgan fingerprint density at radius 2 is 1.68 bits per heavy atom. The number of carbonyl (C=O) groups is 1. The number of methoxy groups -OCH3 is 1. The van der Waals surface area contributed by atoms with Crippen molar-refractivity contribution in [3.05, 3.63) is 125 Å². The molecule has 0 spiro atoms. The molecular weight excluding hydrogens is 382 g/mol. The summed E-state index contributed by atoms with van der Waals surface area (Å²) in [4.78, 5) is 15.8. The Morgan fingerprint density at radius 3 is 2.52 bits per heavy atom. The first-order valence-electron chi connectivity index (χ1n) is 10.7. The molecule has 3 nitrogen and oxygen atoms in total. The lowest BCUT2D eigenvalue weighted by Gasteiger charge is -2.36. The van der Waals surface area contributed by atoms with Crippen LogP contribution in [0, 0.1) is 5.92 Å². The maximum atomic E-state index is 13.7. The van der Waals surface area contributed by atoms with Gasteiger partial charge in [-0.3, -0.25) is 4.79 Å². The minimum Gasteiger partial charge on any atom is -0.497 e. The highest BCUT2D eigenvalue weighted by Gasteiger charge is 2.39. The van der Waals surface area contributed by atoms with Crippen molar-refractivity contribution in [1.82, 2.24) is 4.90 Å². The lowest BCUT2D eigenvalue weighted by molar-refractivity contribution is 0.0667. The predicted molar refractivity (Wildman–Crippen MR) is 123 cm³/mol. The maximum Gasteiger partial charge on any atom is 0.254 e. The van der Waals surface area contributed by atoms with Gasteiger partial charge in [0.05, 0.1) is 13.2 Å². The molecule has 1 aliphatic carbocycles. The van der Waals surface area contributed by atoms with E-state index in [9.17, 15) is 4.79 Å². The second kappa shape index (κ2) is 8.27. The van der Waals surface area contributed by atoms with Crippen molar-refractivity contribution < 1.29 is 9.53 Å². The molecular formula is C28H25NO2. The van der Waals surface area contributed by atoms with Gasteiger partial charge in [0.2, 0.25) is 0 Å². The number of fused-ring (bicyclic) bond motifs is 2. The molecule has 3 atom stereocenters. The van der Waals surface area contributed by atoms with Crippen LogP contribution in [0.3, 0.4) is 0 Å². The smallest absolute Gasteiger partial charge is 0.254 e. The Kier molecular flexibility index (Phi) is 5.17. The molecule has 31 heavy (non-hydrogen) atoms. The lowest BCUT2D eigenvalue weighted by atomic mass is 9.75. The molecule has 0 bridgehead atoms. The van der Waals surface area contributed by atoms with E-state index in [1.807, 2.05) is 29.2 Å². The molecule has 0 radical (unpaired) electrons. The minimum absolute atomic E-state index is 0.0253. The Labute approximate surface area is 183 Å². The van der Waals surface area contributed by atoms with Crippen LogP contribution in [0.5, 0.6) is 5.75 Å². The Morgan fingerprint density at radius 1 is 0.903 bits per heavy atom. The number of hydrogen-bond donors (Lipinski definition) is 0. The Balaban J connectivity index is 1.63. The number of ether oxygens (including phenoxy) is 1. The van der Waals surface area contributed by atoms with E-state index in [-0.39, 0.29) is 23.8 Å². The van der Waals surface area contributed by atoms with Crippen molar-refractivity contribution in [2.45, 2.75) is 18.5 Å². The van der Waals surface area contributed by atoms with E-state index in [0.29, 0.717) is 17.9 Å². The van der Waals surface area contributed by atoms with Gasteiger partial charge in [0.1, 0.15) is 5.75 Å². The van der Waals surface area contributed by atoms with Crippen molar-refractivity contribution in [3.63, 3.8) is 0 Å². The fourth-order valence-electron chi connectivity index (χ4n) is 4.90. The van der Waals surface area contributed by atoms with E-state index >= 15 is 0 Å². The summed E-state index contributed by atoms with van der Waals surface area (Å²) in [6.07, 6.45) is 8.60. The van der Waals surface area contributed by atoms with E-state index in [1.165, 1.54) is 16.7 Å². The number of amides is 1. The van der Waals surface area contributed by atoms with Crippen LogP contribution in [0.25, 0.3) is 0 Å². The summed E-state index contributed by atoms with van der Waals surface area (Å²) in [7, 11) is 1.63. The first-order valence-corrected chi connectivity index (χ1v) is 10.7. The van der Waals surface area contributed by atoms with Crippen molar-refractivity contribution in [2.75, 3.05) is 7.11 Å². The van der Waals surface area contributed by atoms with Gasteiger partial charge in [-0.15, -0.1) is 0 Å². The zero-order chi connectivity index (χ0) is 21.2. The summed E-state index contributed by atoms with van der Waals surface area (Å²) >= 11 is 0. The van der Waals surface area contributed by atoms with E-state index in [1.54, 1.807) is 7.11 Å². The quantitative estimate of drug-likeness (QED) is 0.566. The number of hydrogen-bond acceptors (Lipinski definition) is 2. The van der Waals surface area contributed by atoms with Gasteiger partial charge < -0.3 is 9.64 Å². The van der Waals surface area contributed by atoms with Gasteiger partial charge in [-0.25, -0.2) is 0 Å². The molecule has 3 aromatic rings. The van der Waals surface area contributed by atoms with Crippen LogP contribution >= 0.6 is 0 Å². The molecule has 3 aromatic carbocycles. The third kappa shape index (κ3) is 3.57. The van der Waals surface area contributed by atoms with Crippen LogP contribution in [-0.4, -0.2) is 24.0 Å². The third-order valence-corrected chi connectivity index (χ3v) is 6.36. The van der Waals surface area contributed by atoms with Crippen LogP contribution in [0.4, 0.5) is 0 Å². The Bertz CT molecular complexity index is 1150. The molecule has 1 amide bonds. The zero-order valence-electron chi connectivity index (χ0n) is 17.5. The van der Waals surface area contributed by atoms with Crippen molar-refractivity contribution >= 4 is 5.91 Å². The summed E-state index contributed by atoms with van der Waals surface area (Å²) < 4.78 is 5.36. The molecule has 2 aliphatic rings. The van der Waals surface area contributed by atoms with Gasteiger partial charge in [-0.1, -0.05) is 85.0 Å². The van der Waals surface area contributed by atoms with Gasteiger partial charge in [0.15, 0.2) is 0 Å². The molecule has 1 aliphatic heterocycles. The fourth-order valence-corrected chi connectivity index (χ4v) is 4.90. The van der Waals surface area contributed by atoms with Gasteiger partial charge in [0.25, 0.3) is 5.91 Å². The van der Waals surface area contributed by atoms with Crippen LogP contribution in [0.1, 0.15) is 33.0 Å². The average molecular weight is 408 g/mol. The highest BCUT2D eigenvalue weighted by atomic mass is 16.5. The van der Waals surface area contributed by atoms with Crippen LogP contribution in [0.15, 0.2) is 103 Å². The molecule has 154 valence electrons. The molecule has 0 saturated carbocycles. The SMILES string of the molecule is COc1cccc(C(=O)N2Cc3ccccc3C(c3ccccc3)C3C=CC=CC32)c1. The van der Waals surface area contributed by atoms with Crippen LogP contribution in [-0.2, 0) is 6.54 Å². The number of carbonyl (C=O) groups excluding carboxylic acids is 1. The van der Waals surface area contributed by atoms with Gasteiger partial charge in [0, 0.05) is 23.9 Å². The normalized spacial score (nSPS) is 21.7. The second-order valence-corrected chi connectivity index (χ2v) is 8.09. The van der Waals surface area contributed by atoms with Crippen LogP contribution < -0.4 is 4.74 Å². The summed E-state index contributed by atoms with van der Waals surface area (Å²) in [5, 5.41) is 0. The largest absolute Gasteiger partial charge is 0.497 e. The predicted octanol–water partition coefficient (Wildman–Crippen LogP) is 5.59. The number of nitrogens with zero attached hydrogens (tertiary/aromatic N) is 1. The minimum atomic E-state index is -0.0266. The maximum absolute atomic E-state index is 13.7. The summed E-state index contributed by atoms with van der Waals surface area (Å²) in [6, 6.07) is 26.6. The van der Waals surface area contributed by atoms with E-state index in [2.05, 4.69) is 78.9 Å². The first-order chi connectivity index (χ1) is 15.3. The molecule has 0 N–H and O–H groups in total. The number of allylic oxidation sites excluding steroid dienone is 2. The first kappa shape index (κ1) is 19.4. The van der Waals surface area contributed by atoms with Crippen molar-refractivity contribution in [1.29, 1.82) is 0 Å². The molecule has 3 heteroatoms. The molecule has 0 saturated heterocycles. The highest BCUT2D eigenvalue weighted by molar-refractivity contribution is 5.95. The standard InChI is InChI=1S/C28H25NO2/c1-31-23-14-9-13-21(18-23)28(30)29-19-22-12-5-6-15-24(22)27(20-10-3-2-4-11-20)25-16-7-8-17-26(25)29/h2-18,25-27H,19H2,1H3. The topological polar surface area (TPSA) is 29.5 Å². The number of benzene rings is 3. The second-order valence-electron chi connectivity index (χ2n) is 8.09. The monoisotopic (exact) mass is 407 g/mol. The number of rotatable bonds is 3. The molecule has 1 heterocycles. The van der Waals surface area contributed by atoms with Gasteiger partial charge in [-0.05, 0) is 34.9 Å². The molecule has 5 rings (SSSR count). The van der Waals surface area contributed by atoms with E-state index < -0.39 is 0 Å². The van der Waals surface area contributed by atoms with Crippen molar-refractivity contribution in [2.24, 2.45) is 5.92 Å². The Hall–Kier alpha value is -3.59. The van der Waals surface area contributed by atoms with E-state index in [0.717, 1.165) is 0 Å². The van der Waals surface area contributed by atoms with Gasteiger partial charge >= 0.3 is 0 Å². The molecule has 0 aromatic heterocycles. The molecule has 3 unspecified atom stereocenters. The fraction of sp³-hybridized carbons (Fsp3) is 0.179. The van der Waals surface area contributed by atoms with Crippen LogP contribution in [0.2, 0.25) is 0 Å². The summed E-state index contributed by atoms with van der Waals surface area (Å²) in [5.41, 5.74) is 4.42. The van der Waals surface area contributed by atoms with Gasteiger partial charge in [-0.2, -0.15) is 0 Å². The lowest BCUT2D eigenvalue weighted by Crippen LogP contribution is -2.43. The van der Waals surface area contributed by atoms with Crippen molar-refractivity contribution in [3.8, 4) is 5.75 Å². The zero-order valence-corrected chi connectivity index (χ0v) is 17.5. The summed E-state index contributed by atoms with van der Waals surface area (Å²) in [6.45, 7) is 0.578.